The van der Waals surface area contributed by atoms with Gasteiger partial charge in [0, 0.05) is 11.2 Å². The third kappa shape index (κ3) is 3.99. The molecule has 2 amide bonds. The molecule has 0 aliphatic carbocycles. The third-order valence-corrected chi connectivity index (χ3v) is 4.52. The molecule has 8 heteroatoms. The molecule has 0 saturated carbocycles. The summed E-state index contributed by atoms with van der Waals surface area (Å²) in [5.41, 5.74) is 2.04. The van der Waals surface area contributed by atoms with Crippen molar-refractivity contribution in [2.75, 3.05) is 12.0 Å². The van der Waals surface area contributed by atoms with Crippen LogP contribution < -0.4 is 15.0 Å². The lowest BCUT2D eigenvalue weighted by Crippen LogP contribution is -2.58. The molecule has 1 fully saturated rings. The maximum atomic E-state index is 12.9. The smallest absolute Gasteiger partial charge is 0.251 e. The number of hydrogen-bond donors (Lipinski definition) is 1. The predicted molar refractivity (Wildman–Crippen MR) is 109 cm³/mol. The van der Waals surface area contributed by atoms with Gasteiger partial charge in [-0.15, -0.1) is 0 Å². The normalized spacial score (nSPS) is 17.4. The van der Waals surface area contributed by atoms with E-state index in [4.69, 9.17) is 28.6 Å². The van der Waals surface area contributed by atoms with Crippen molar-refractivity contribution < 1.29 is 14.3 Å². The predicted octanol–water partition coefficient (Wildman–Crippen LogP) is 3.42. The molecular formula is C19H16ClN3O3S. The van der Waals surface area contributed by atoms with Crippen LogP contribution >= 0.6 is 23.8 Å². The lowest BCUT2D eigenvalue weighted by atomic mass is 10.1. The minimum absolute atomic E-state index is 0.0406. The summed E-state index contributed by atoms with van der Waals surface area (Å²) in [6, 6.07) is 12.2. The second kappa shape index (κ2) is 7.85. The number of benzene rings is 2. The van der Waals surface area contributed by atoms with E-state index in [1.165, 1.54) is 18.2 Å². The van der Waals surface area contributed by atoms with Gasteiger partial charge in [-0.3, -0.25) is 19.5 Å². The average Bonchev–Trinajstić information content (AvgIpc) is 2.63. The highest BCUT2D eigenvalue weighted by molar-refractivity contribution is 7.80. The number of thiocarbonyl (C=S) groups is 1. The van der Waals surface area contributed by atoms with E-state index in [2.05, 4.69) is 10.3 Å². The molecule has 138 valence electrons. The maximum absolute atomic E-state index is 12.9. The van der Waals surface area contributed by atoms with E-state index >= 15 is 0 Å². The van der Waals surface area contributed by atoms with E-state index in [-0.39, 0.29) is 5.11 Å². The second-order valence-electron chi connectivity index (χ2n) is 5.88. The summed E-state index contributed by atoms with van der Waals surface area (Å²) in [5, 5.41) is 3.05. The fourth-order valence-electron chi connectivity index (χ4n) is 2.58. The molecule has 0 aromatic heterocycles. The van der Waals surface area contributed by atoms with Crippen LogP contribution in [-0.2, 0) is 9.59 Å². The first-order valence-electron chi connectivity index (χ1n) is 8.04. The van der Waals surface area contributed by atoms with Gasteiger partial charge >= 0.3 is 0 Å². The molecule has 3 rings (SSSR count). The van der Waals surface area contributed by atoms with E-state index in [1.807, 2.05) is 19.1 Å². The quantitative estimate of drug-likeness (QED) is 0.484. The highest BCUT2D eigenvalue weighted by Gasteiger charge is 2.38. The summed E-state index contributed by atoms with van der Waals surface area (Å²) in [4.78, 5) is 30.7. The molecule has 1 saturated heterocycles. The fourth-order valence-corrected chi connectivity index (χ4v) is 3.04. The van der Waals surface area contributed by atoms with Crippen molar-refractivity contribution in [2.24, 2.45) is 10.9 Å². The molecule has 2 aromatic rings. The van der Waals surface area contributed by atoms with Crippen LogP contribution in [0.2, 0.25) is 5.02 Å². The zero-order valence-corrected chi connectivity index (χ0v) is 16.2. The van der Waals surface area contributed by atoms with Crippen molar-refractivity contribution >= 4 is 58.3 Å². The van der Waals surface area contributed by atoms with Gasteiger partial charge < -0.3 is 10.1 Å². The molecule has 2 aromatic carbocycles. The van der Waals surface area contributed by atoms with Gasteiger partial charge in [-0.2, -0.15) is 0 Å². The molecule has 0 bridgehead atoms. The summed E-state index contributed by atoms with van der Waals surface area (Å²) in [6.45, 7) is 1.94. The van der Waals surface area contributed by atoms with Crippen molar-refractivity contribution in [3.05, 3.63) is 53.1 Å². The highest BCUT2D eigenvalue weighted by Crippen LogP contribution is 2.30. The van der Waals surface area contributed by atoms with Gasteiger partial charge in [0.05, 0.1) is 12.8 Å². The van der Waals surface area contributed by atoms with Crippen LogP contribution in [0, 0.1) is 12.8 Å². The van der Waals surface area contributed by atoms with Crippen molar-refractivity contribution in [3.8, 4) is 5.75 Å². The third-order valence-electron chi connectivity index (χ3n) is 4.00. The van der Waals surface area contributed by atoms with Gasteiger partial charge in [0.1, 0.15) is 11.4 Å². The van der Waals surface area contributed by atoms with Crippen LogP contribution in [0.15, 0.2) is 47.5 Å². The molecule has 0 spiro atoms. The van der Waals surface area contributed by atoms with Crippen LogP contribution in [0.5, 0.6) is 5.75 Å². The molecule has 6 nitrogen and oxygen atoms in total. The van der Waals surface area contributed by atoms with Crippen LogP contribution in [0.4, 0.5) is 11.4 Å². The van der Waals surface area contributed by atoms with Crippen molar-refractivity contribution in [2.45, 2.75) is 6.92 Å². The SMILES string of the molecule is COc1ccc(Cl)cc1N=C[C@H]1C(=O)NC(=S)N(c2ccc(C)cc2)C1=O. The van der Waals surface area contributed by atoms with Crippen LogP contribution in [0.3, 0.4) is 0 Å². The first kappa shape index (κ1) is 19.0. The highest BCUT2D eigenvalue weighted by atomic mass is 35.5. The molecule has 0 radical (unpaired) electrons. The summed E-state index contributed by atoms with van der Waals surface area (Å²) in [7, 11) is 1.50. The number of nitrogens with zero attached hydrogens (tertiary/aromatic N) is 2. The standard InChI is InChI=1S/C19H16ClN3O3S/c1-11-3-6-13(7-4-11)23-18(25)14(17(24)22-19(23)27)10-21-15-9-12(20)5-8-16(15)26-2/h3-10,14H,1-2H3,(H,22,24,27)/t14-/m0/s1. The number of ether oxygens (including phenoxy) is 1. The van der Waals surface area contributed by atoms with Gasteiger partial charge in [0.25, 0.3) is 5.91 Å². The molecule has 1 heterocycles. The number of methoxy groups -OCH3 is 1. The van der Waals surface area contributed by atoms with Gasteiger partial charge in [-0.05, 0) is 49.5 Å². The molecule has 0 unspecified atom stereocenters. The first-order chi connectivity index (χ1) is 12.9. The Bertz CT molecular complexity index is 944. The Kier molecular flexibility index (Phi) is 5.53. The number of carbonyl (C=O) groups excluding carboxylic acids is 2. The Hall–Kier alpha value is -2.77. The summed E-state index contributed by atoms with van der Waals surface area (Å²) in [5.74, 6) is -1.65. The van der Waals surface area contributed by atoms with E-state index in [0.717, 1.165) is 5.56 Å². The number of anilines is 1. The zero-order valence-electron chi connectivity index (χ0n) is 14.6. The summed E-state index contributed by atoms with van der Waals surface area (Å²) in [6.07, 6.45) is 1.27. The van der Waals surface area contributed by atoms with Gasteiger partial charge in [-0.1, -0.05) is 29.3 Å². The Morgan fingerprint density at radius 2 is 1.93 bits per heavy atom. The van der Waals surface area contributed by atoms with Crippen molar-refractivity contribution in [3.63, 3.8) is 0 Å². The minimum Gasteiger partial charge on any atom is -0.494 e. The molecule has 1 atom stereocenters. The lowest BCUT2D eigenvalue weighted by Gasteiger charge is -2.31. The molecule has 1 aliphatic heterocycles. The number of halogens is 1. The first-order valence-corrected chi connectivity index (χ1v) is 8.82. The lowest BCUT2D eigenvalue weighted by molar-refractivity contribution is -0.130. The Morgan fingerprint density at radius 1 is 1.22 bits per heavy atom. The topological polar surface area (TPSA) is 71.0 Å². The Labute approximate surface area is 166 Å². The number of hydrogen-bond acceptors (Lipinski definition) is 5. The van der Waals surface area contributed by atoms with Gasteiger partial charge in [0.2, 0.25) is 5.91 Å². The van der Waals surface area contributed by atoms with Crippen LogP contribution in [0.1, 0.15) is 5.56 Å². The van der Waals surface area contributed by atoms with E-state index in [0.29, 0.717) is 22.1 Å². The summed E-state index contributed by atoms with van der Waals surface area (Å²) >= 11 is 11.2. The minimum atomic E-state index is -1.12. The number of aryl methyl sites for hydroxylation is 1. The number of amides is 2. The fraction of sp³-hybridized carbons (Fsp3) is 0.158. The van der Waals surface area contributed by atoms with E-state index < -0.39 is 17.7 Å². The van der Waals surface area contributed by atoms with E-state index in [9.17, 15) is 9.59 Å². The molecule has 1 N–H and O–H groups in total. The van der Waals surface area contributed by atoms with Crippen molar-refractivity contribution in [1.29, 1.82) is 0 Å². The maximum Gasteiger partial charge on any atom is 0.251 e. The zero-order chi connectivity index (χ0) is 19.6. The molecule has 27 heavy (non-hydrogen) atoms. The Morgan fingerprint density at radius 3 is 2.59 bits per heavy atom. The van der Waals surface area contributed by atoms with Gasteiger partial charge in [-0.25, -0.2) is 0 Å². The number of rotatable bonds is 4. The largest absolute Gasteiger partial charge is 0.494 e. The monoisotopic (exact) mass is 401 g/mol. The van der Waals surface area contributed by atoms with Crippen LogP contribution in [0.25, 0.3) is 0 Å². The molecule has 1 aliphatic rings. The molecular weight excluding hydrogens is 386 g/mol. The average molecular weight is 402 g/mol. The van der Waals surface area contributed by atoms with Crippen LogP contribution in [-0.4, -0.2) is 30.3 Å². The second-order valence-corrected chi connectivity index (χ2v) is 6.70. The van der Waals surface area contributed by atoms with Crippen molar-refractivity contribution in [1.82, 2.24) is 5.32 Å². The number of aliphatic imine (C=N–C) groups is 1. The van der Waals surface area contributed by atoms with Gasteiger partial charge in [0.15, 0.2) is 11.0 Å². The Balaban J connectivity index is 1.92. The summed E-state index contributed by atoms with van der Waals surface area (Å²) < 4.78 is 5.22. The number of carbonyl (C=O) groups is 2. The number of nitrogens with one attached hydrogen (secondary N) is 1. The van der Waals surface area contributed by atoms with E-state index in [1.54, 1.807) is 30.3 Å².